The first kappa shape index (κ1) is 24.4. The first-order valence-corrected chi connectivity index (χ1v) is 9.24. The SMILES string of the molecule is CCNC(=NCC(C)(C)C(=O)NC)NCC1(CCO)CCCCC1.I. The third kappa shape index (κ3) is 8.11. The lowest BCUT2D eigenvalue weighted by molar-refractivity contribution is -0.128. The second kappa shape index (κ2) is 11.9. The molecule has 0 heterocycles. The van der Waals surface area contributed by atoms with E-state index in [1.54, 1.807) is 7.05 Å². The molecule has 0 bridgehead atoms. The Bertz CT molecular complexity index is 416. The summed E-state index contributed by atoms with van der Waals surface area (Å²) in [6.07, 6.45) is 6.91. The van der Waals surface area contributed by atoms with Gasteiger partial charge < -0.3 is 21.1 Å². The number of carbonyl (C=O) groups is 1. The minimum absolute atomic E-state index is 0. The first-order chi connectivity index (χ1) is 11.4. The number of aliphatic hydroxyl groups excluding tert-OH is 1. The van der Waals surface area contributed by atoms with Crippen LogP contribution in [0.15, 0.2) is 4.99 Å². The predicted octanol–water partition coefficient (Wildman–Crippen LogP) is 2.26. The smallest absolute Gasteiger partial charge is 0.227 e. The van der Waals surface area contributed by atoms with Gasteiger partial charge in [0.25, 0.3) is 0 Å². The second-order valence-electron chi connectivity index (χ2n) is 7.55. The lowest BCUT2D eigenvalue weighted by Crippen LogP contribution is -2.45. The maximum absolute atomic E-state index is 11.9. The Kier molecular flexibility index (Phi) is 11.7. The molecular formula is C18H37IN4O2. The number of aliphatic imine (C=N–C) groups is 1. The van der Waals surface area contributed by atoms with Crippen LogP contribution in [0.5, 0.6) is 0 Å². The molecule has 1 saturated carbocycles. The van der Waals surface area contributed by atoms with Crippen LogP contribution in [0.25, 0.3) is 0 Å². The molecule has 0 unspecified atom stereocenters. The molecule has 1 rings (SSSR count). The van der Waals surface area contributed by atoms with Crippen LogP contribution < -0.4 is 16.0 Å². The third-order valence-corrected chi connectivity index (χ3v) is 5.01. The second-order valence-corrected chi connectivity index (χ2v) is 7.55. The van der Waals surface area contributed by atoms with Gasteiger partial charge in [0.1, 0.15) is 0 Å². The topological polar surface area (TPSA) is 85.8 Å². The van der Waals surface area contributed by atoms with Gasteiger partial charge in [0.15, 0.2) is 5.96 Å². The fourth-order valence-electron chi connectivity index (χ4n) is 3.35. The van der Waals surface area contributed by atoms with Crippen LogP contribution >= 0.6 is 24.0 Å². The van der Waals surface area contributed by atoms with Gasteiger partial charge in [-0.05, 0) is 45.4 Å². The zero-order valence-electron chi connectivity index (χ0n) is 16.3. The molecule has 0 aromatic carbocycles. The summed E-state index contributed by atoms with van der Waals surface area (Å²) >= 11 is 0. The standard InChI is InChI=1S/C18H36N4O2.HI/c1-5-20-16(21-13-17(2,3)15(24)19-4)22-14-18(11-12-23)9-7-6-8-10-18;/h23H,5-14H2,1-4H3,(H,19,24)(H2,20,21,22);1H. The van der Waals surface area contributed by atoms with E-state index in [0.29, 0.717) is 6.54 Å². The van der Waals surface area contributed by atoms with Gasteiger partial charge in [-0.15, -0.1) is 24.0 Å². The highest BCUT2D eigenvalue weighted by atomic mass is 127. The van der Waals surface area contributed by atoms with Crippen molar-refractivity contribution in [3.05, 3.63) is 0 Å². The van der Waals surface area contributed by atoms with Gasteiger partial charge in [0.2, 0.25) is 5.91 Å². The molecule has 1 aliphatic rings. The highest BCUT2D eigenvalue weighted by Crippen LogP contribution is 2.38. The quantitative estimate of drug-likeness (QED) is 0.250. The van der Waals surface area contributed by atoms with Crippen LogP contribution in [0, 0.1) is 10.8 Å². The number of aliphatic hydroxyl groups is 1. The minimum atomic E-state index is -0.537. The molecule has 0 atom stereocenters. The van der Waals surface area contributed by atoms with Crippen molar-refractivity contribution in [3.8, 4) is 0 Å². The van der Waals surface area contributed by atoms with E-state index in [1.165, 1.54) is 19.3 Å². The van der Waals surface area contributed by atoms with Crippen LogP contribution in [-0.4, -0.2) is 50.3 Å². The van der Waals surface area contributed by atoms with Gasteiger partial charge in [-0.2, -0.15) is 0 Å². The molecule has 0 aliphatic heterocycles. The molecule has 7 heteroatoms. The highest BCUT2D eigenvalue weighted by molar-refractivity contribution is 14.0. The molecule has 1 fully saturated rings. The van der Waals surface area contributed by atoms with Crippen LogP contribution in [0.4, 0.5) is 0 Å². The number of rotatable bonds is 8. The number of hydrogen-bond donors (Lipinski definition) is 4. The Morgan fingerprint density at radius 1 is 1.20 bits per heavy atom. The van der Waals surface area contributed by atoms with Gasteiger partial charge in [0, 0.05) is 26.7 Å². The van der Waals surface area contributed by atoms with E-state index in [9.17, 15) is 9.90 Å². The zero-order chi connectivity index (χ0) is 18.1. The Morgan fingerprint density at radius 2 is 1.84 bits per heavy atom. The Labute approximate surface area is 170 Å². The number of guanidine groups is 1. The summed E-state index contributed by atoms with van der Waals surface area (Å²) in [5, 5.41) is 18.8. The predicted molar refractivity (Wildman–Crippen MR) is 114 cm³/mol. The molecule has 0 spiro atoms. The van der Waals surface area contributed by atoms with Crippen molar-refractivity contribution in [2.45, 2.75) is 59.3 Å². The molecule has 1 aliphatic carbocycles. The number of hydrogen-bond acceptors (Lipinski definition) is 3. The average Bonchev–Trinajstić information content (AvgIpc) is 2.57. The van der Waals surface area contributed by atoms with Crippen molar-refractivity contribution in [2.75, 3.05) is 33.3 Å². The molecule has 0 aromatic rings. The molecule has 1 amide bonds. The normalized spacial score (nSPS) is 17.4. The summed E-state index contributed by atoms with van der Waals surface area (Å²) in [6, 6.07) is 0. The van der Waals surface area contributed by atoms with Gasteiger partial charge in [0.05, 0.1) is 12.0 Å². The van der Waals surface area contributed by atoms with Gasteiger partial charge in [-0.3, -0.25) is 9.79 Å². The van der Waals surface area contributed by atoms with E-state index in [0.717, 1.165) is 38.3 Å². The van der Waals surface area contributed by atoms with Crippen LogP contribution in [0.2, 0.25) is 0 Å². The zero-order valence-corrected chi connectivity index (χ0v) is 18.6. The summed E-state index contributed by atoms with van der Waals surface area (Å²) in [5.41, 5.74) is -0.371. The highest BCUT2D eigenvalue weighted by Gasteiger charge is 2.32. The van der Waals surface area contributed by atoms with Gasteiger partial charge >= 0.3 is 0 Å². The van der Waals surface area contributed by atoms with E-state index in [4.69, 9.17) is 0 Å². The van der Waals surface area contributed by atoms with E-state index in [2.05, 4.69) is 20.9 Å². The fraction of sp³-hybridized carbons (Fsp3) is 0.889. The summed E-state index contributed by atoms with van der Waals surface area (Å²) in [5.74, 6) is 0.739. The van der Waals surface area contributed by atoms with Crippen molar-refractivity contribution in [1.82, 2.24) is 16.0 Å². The number of nitrogens with one attached hydrogen (secondary N) is 3. The Morgan fingerprint density at radius 3 is 2.36 bits per heavy atom. The van der Waals surface area contributed by atoms with Crippen molar-refractivity contribution in [1.29, 1.82) is 0 Å². The number of carbonyl (C=O) groups excluding carboxylic acids is 1. The number of amides is 1. The summed E-state index contributed by atoms with van der Waals surface area (Å²) in [7, 11) is 1.65. The first-order valence-electron chi connectivity index (χ1n) is 9.24. The van der Waals surface area contributed by atoms with E-state index in [1.807, 2.05) is 20.8 Å². The third-order valence-electron chi connectivity index (χ3n) is 5.01. The fourth-order valence-corrected chi connectivity index (χ4v) is 3.35. The summed E-state index contributed by atoms with van der Waals surface area (Å²) in [6.45, 7) is 8.08. The molecule has 0 radical (unpaired) electrons. The number of nitrogens with zero attached hydrogens (tertiary/aromatic N) is 1. The molecule has 4 N–H and O–H groups in total. The molecule has 148 valence electrons. The maximum atomic E-state index is 11.9. The molecule has 25 heavy (non-hydrogen) atoms. The maximum Gasteiger partial charge on any atom is 0.227 e. The molecule has 0 aromatic heterocycles. The van der Waals surface area contributed by atoms with Crippen LogP contribution in [-0.2, 0) is 4.79 Å². The van der Waals surface area contributed by atoms with Crippen molar-refractivity contribution in [2.24, 2.45) is 15.8 Å². The Balaban J connectivity index is 0.00000576. The van der Waals surface area contributed by atoms with E-state index in [-0.39, 0.29) is 41.9 Å². The Hall–Kier alpha value is -0.570. The lowest BCUT2D eigenvalue weighted by atomic mass is 9.72. The van der Waals surface area contributed by atoms with Crippen LogP contribution in [0.1, 0.15) is 59.3 Å². The monoisotopic (exact) mass is 468 g/mol. The minimum Gasteiger partial charge on any atom is -0.396 e. The number of halogens is 1. The summed E-state index contributed by atoms with van der Waals surface area (Å²) in [4.78, 5) is 16.5. The van der Waals surface area contributed by atoms with Gasteiger partial charge in [-0.25, -0.2) is 0 Å². The van der Waals surface area contributed by atoms with Crippen molar-refractivity contribution >= 4 is 35.8 Å². The molecule has 0 saturated heterocycles. The van der Waals surface area contributed by atoms with Crippen molar-refractivity contribution < 1.29 is 9.90 Å². The van der Waals surface area contributed by atoms with Crippen molar-refractivity contribution in [3.63, 3.8) is 0 Å². The van der Waals surface area contributed by atoms with E-state index < -0.39 is 5.41 Å². The average molecular weight is 468 g/mol. The molecular weight excluding hydrogens is 431 g/mol. The van der Waals surface area contributed by atoms with Crippen LogP contribution in [0.3, 0.4) is 0 Å². The van der Waals surface area contributed by atoms with Gasteiger partial charge in [-0.1, -0.05) is 19.3 Å². The summed E-state index contributed by atoms with van der Waals surface area (Å²) < 4.78 is 0. The largest absolute Gasteiger partial charge is 0.396 e. The van der Waals surface area contributed by atoms with E-state index >= 15 is 0 Å². The lowest BCUT2D eigenvalue weighted by Gasteiger charge is -2.37. The molecule has 6 nitrogen and oxygen atoms in total.